The molecule has 2 atom stereocenters. The lowest BCUT2D eigenvalue weighted by atomic mass is 9.83. The number of hydrogen-bond donors (Lipinski definition) is 2. The lowest BCUT2D eigenvalue weighted by Gasteiger charge is -2.28. The SMILES string of the molecule is CCCc1nccc2c1OC(N)C2(N)c1ccc(F)c(Cl)c1. The maximum Gasteiger partial charge on any atom is 0.174 e. The van der Waals surface area contributed by atoms with Crippen molar-refractivity contribution in [1.82, 2.24) is 4.98 Å². The van der Waals surface area contributed by atoms with Gasteiger partial charge < -0.3 is 10.5 Å². The van der Waals surface area contributed by atoms with E-state index in [9.17, 15) is 4.39 Å². The molecule has 1 aromatic heterocycles. The van der Waals surface area contributed by atoms with Crippen LogP contribution in [0.15, 0.2) is 30.5 Å². The van der Waals surface area contributed by atoms with Crippen LogP contribution in [-0.4, -0.2) is 11.2 Å². The van der Waals surface area contributed by atoms with E-state index in [0.717, 1.165) is 24.1 Å². The number of hydrogen-bond acceptors (Lipinski definition) is 4. The largest absolute Gasteiger partial charge is 0.471 e. The maximum absolute atomic E-state index is 13.4. The van der Waals surface area contributed by atoms with Crippen LogP contribution in [0.3, 0.4) is 0 Å². The highest BCUT2D eigenvalue weighted by atomic mass is 35.5. The summed E-state index contributed by atoms with van der Waals surface area (Å²) < 4.78 is 19.2. The third-order valence-corrected chi connectivity index (χ3v) is 4.29. The molecule has 1 aliphatic heterocycles. The molecule has 116 valence electrons. The zero-order valence-corrected chi connectivity index (χ0v) is 12.9. The van der Waals surface area contributed by atoms with Crippen molar-refractivity contribution in [2.75, 3.05) is 0 Å². The Labute approximate surface area is 133 Å². The minimum atomic E-state index is -1.09. The van der Waals surface area contributed by atoms with Gasteiger partial charge in [0.05, 0.1) is 10.7 Å². The number of ether oxygens (including phenoxy) is 1. The Kier molecular flexibility index (Phi) is 3.80. The van der Waals surface area contributed by atoms with E-state index in [1.165, 1.54) is 12.1 Å². The second-order valence-electron chi connectivity index (χ2n) is 5.42. The first-order valence-corrected chi connectivity index (χ1v) is 7.51. The van der Waals surface area contributed by atoms with Gasteiger partial charge in [-0.2, -0.15) is 0 Å². The molecule has 1 aromatic carbocycles. The van der Waals surface area contributed by atoms with Crippen LogP contribution in [0.2, 0.25) is 5.02 Å². The molecule has 0 radical (unpaired) electrons. The summed E-state index contributed by atoms with van der Waals surface area (Å²) in [6.45, 7) is 2.06. The van der Waals surface area contributed by atoms with Crippen LogP contribution < -0.4 is 16.2 Å². The highest BCUT2D eigenvalue weighted by Gasteiger charge is 2.47. The van der Waals surface area contributed by atoms with E-state index < -0.39 is 17.6 Å². The number of benzene rings is 1. The normalized spacial score (nSPS) is 23.2. The molecule has 2 heterocycles. The Morgan fingerprint density at radius 3 is 2.86 bits per heavy atom. The first kappa shape index (κ1) is 15.2. The number of fused-ring (bicyclic) bond motifs is 1. The van der Waals surface area contributed by atoms with E-state index in [2.05, 4.69) is 11.9 Å². The Bertz CT molecular complexity index is 725. The van der Waals surface area contributed by atoms with Crippen LogP contribution in [0.1, 0.15) is 30.2 Å². The van der Waals surface area contributed by atoms with Gasteiger partial charge in [-0.25, -0.2) is 4.39 Å². The summed E-state index contributed by atoms with van der Waals surface area (Å²) in [7, 11) is 0. The molecule has 0 spiro atoms. The molecule has 0 fully saturated rings. The van der Waals surface area contributed by atoms with Crippen molar-refractivity contribution >= 4 is 11.6 Å². The predicted octanol–water partition coefficient (Wildman–Crippen LogP) is 2.71. The van der Waals surface area contributed by atoms with E-state index in [4.69, 9.17) is 27.8 Å². The predicted molar refractivity (Wildman–Crippen MR) is 83.2 cm³/mol. The lowest BCUT2D eigenvalue weighted by molar-refractivity contribution is 0.176. The molecular formula is C16H17ClFN3O. The Hall–Kier alpha value is -1.69. The van der Waals surface area contributed by atoms with Gasteiger partial charge in [-0.05, 0) is 30.2 Å². The number of pyridine rings is 1. The zero-order chi connectivity index (χ0) is 15.9. The third kappa shape index (κ3) is 2.17. The molecule has 2 aromatic rings. The second-order valence-corrected chi connectivity index (χ2v) is 5.83. The van der Waals surface area contributed by atoms with Crippen molar-refractivity contribution in [2.24, 2.45) is 11.5 Å². The summed E-state index contributed by atoms with van der Waals surface area (Å²) >= 11 is 5.89. The van der Waals surface area contributed by atoms with E-state index >= 15 is 0 Å². The quantitative estimate of drug-likeness (QED) is 0.911. The number of rotatable bonds is 3. The van der Waals surface area contributed by atoms with Gasteiger partial charge in [0.2, 0.25) is 0 Å². The molecule has 4 N–H and O–H groups in total. The fourth-order valence-electron chi connectivity index (χ4n) is 2.81. The fourth-order valence-corrected chi connectivity index (χ4v) is 2.99. The fraction of sp³-hybridized carbons (Fsp3) is 0.312. The highest BCUT2D eigenvalue weighted by molar-refractivity contribution is 6.30. The standard InChI is InChI=1S/C16H17ClFN3O/c1-2-3-13-14-10(6-7-21-13)16(20,15(19)22-14)9-4-5-12(18)11(17)8-9/h4-8,15H,2-3,19-20H2,1H3. The molecule has 4 nitrogen and oxygen atoms in total. The Balaban J connectivity index is 2.16. The number of nitrogens with two attached hydrogens (primary N) is 2. The van der Waals surface area contributed by atoms with Gasteiger partial charge in [0.15, 0.2) is 6.23 Å². The van der Waals surface area contributed by atoms with Crippen molar-refractivity contribution in [3.8, 4) is 5.75 Å². The van der Waals surface area contributed by atoms with Gasteiger partial charge in [-0.1, -0.05) is 31.0 Å². The molecule has 0 bridgehead atoms. The summed E-state index contributed by atoms with van der Waals surface area (Å²) in [6, 6.07) is 6.15. The maximum atomic E-state index is 13.4. The van der Waals surface area contributed by atoms with Crippen LogP contribution in [0, 0.1) is 5.82 Å². The molecule has 22 heavy (non-hydrogen) atoms. The molecule has 3 rings (SSSR count). The summed E-state index contributed by atoms with van der Waals surface area (Å²) in [5.41, 5.74) is 13.8. The molecule has 1 aliphatic rings. The van der Waals surface area contributed by atoms with Crippen LogP contribution in [0.4, 0.5) is 4.39 Å². The highest BCUT2D eigenvalue weighted by Crippen LogP contribution is 2.44. The molecule has 0 amide bonds. The van der Waals surface area contributed by atoms with Crippen LogP contribution >= 0.6 is 11.6 Å². The summed E-state index contributed by atoms with van der Waals surface area (Å²) in [6.07, 6.45) is 2.61. The monoisotopic (exact) mass is 321 g/mol. The van der Waals surface area contributed by atoms with Crippen LogP contribution in [0.25, 0.3) is 0 Å². The van der Waals surface area contributed by atoms with Gasteiger partial charge >= 0.3 is 0 Å². The van der Waals surface area contributed by atoms with Crippen molar-refractivity contribution in [3.63, 3.8) is 0 Å². The van der Waals surface area contributed by atoms with Crippen LogP contribution in [0.5, 0.6) is 5.75 Å². The lowest BCUT2D eigenvalue weighted by Crippen LogP contribution is -2.52. The Morgan fingerprint density at radius 2 is 2.18 bits per heavy atom. The number of halogens is 2. The molecule has 2 unspecified atom stereocenters. The van der Waals surface area contributed by atoms with Gasteiger partial charge in [-0.15, -0.1) is 0 Å². The average Bonchev–Trinajstić information content (AvgIpc) is 2.76. The molecule has 0 saturated heterocycles. The average molecular weight is 322 g/mol. The van der Waals surface area contributed by atoms with Crippen molar-refractivity contribution < 1.29 is 9.13 Å². The third-order valence-electron chi connectivity index (χ3n) is 4.00. The Morgan fingerprint density at radius 1 is 1.41 bits per heavy atom. The van der Waals surface area contributed by atoms with Gasteiger partial charge in [0, 0.05) is 11.8 Å². The smallest absolute Gasteiger partial charge is 0.174 e. The van der Waals surface area contributed by atoms with Crippen LogP contribution in [-0.2, 0) is 12.0 Å². The first-order valence-electron chi connectivity index (χ1n) is 7.13. The summed E-state index contributed by atoms with van der Waals surface area (Å²) in [5, 5.41) is 0.00538. The number of aryl methyl sites for hydroxylation is 1. The topological polar surface area (TPSA) is 74.2 Å². The second kappa shape index (κ2) is 5.50. The molecular weight excluding hydrogens is 305 g/mol. The van der Waals surface area contributed by atoms with E-state index in [1.54, 1.807) is 18.3 Å². The summed E-state index contributed by atoms with van der Waals surface area (Å²) in [5.74, 6) is 0.128. The van der Waals surface area contributed by atoms with Gasteiger partial charge in [-0.3, -0.25) is 10.7 Å². The zero-order valence-electron chi connectivity index (χ0n) is 12.1. The molecule has 0 aliphatic carbocycles. The number of aromatic nitrogens is 1. The molecule has 0 saturated carbocycles. The summed E-state index contributed by atoms with van der Waals surface area (Å²) in [4.78, 5) is 4.34. The van der Waals surface area contributed by atoms with Crippen molar-refractivity contribution in [2.45, 2.75) is 31.5 Å². The van der Waals surface area contributed by atoms with E-state index in [0.29, 0.717) is 11.3 Å². The van der Waals surface area contributed by atoms with Crippen molar-refractivity contribution in [1.29, 1.82) is 0 Å². The first-order chi connectivity index (χ1) is 10.5. The van der Waals surface area contributed by atoms with E-state index in [1.807, 2.05) is 0 Å². The number of nitrogens with zero attached hydrogens (tertiary/aromatic N) is 1. The minimum absolute atomic E-state index is 0.00538. The van der Waals surface area contributed by atoms with Gasteiger partial charge in [0.25, 0.3) is 0 Å². The minimum Gasteiger partial charge on any atom is -0.471 e. The van der Waals surface area contributed by atoms with Crippen molar-refractivity contribution in [3.05, 3.63) is 58.1 Å². The van der Waals surface area contributed by atoms with Gasteiger partial charge in [0.1, 0.15) is 17.1 Å². The van der Waals surface area contributed by atoms with E-state index in [-0.39, 0.29) is 5.02 Å². The molecule has 6 heteroatoms.